The zero-order valence-corrected chi connectivity index (χ0v) is 20.1. The van der Waals surface area contributed by atoms with Gasteiger partial charge in [-0.2, -0.15) is 0 Å². The van der Waals surface area contributed by atoms with Crippen molar-refractivity contribution in [2.24, 2.45) is 17.6 Å². The standard InChI is InChI=1S/C25H28N2O9/c1-27(2)19-13-9-11-8-12-10(5-7-15(29)36-3)4-6-14(28)17(12)20(30)16(11)22(32)25(13,35)23(33)18(21(19)31)24(26)34/h4,6,11,13,19,28,30,33,35H,5,7-9H2,1-3H3,(H2,26,34)/t11-,13-,19?,25-/m1/s1. The largest absolute Gasteiger partial charge is 0.508 e. The van der Waals surface area contributed by atoms with E-state index in [4.69, 9.17) is 10.5 Å². The third-order valence-corrected chi connectivity index (χ3v) is 7.53. The van der Waals surface area contributed by atoms with Crippen molar-refractivity contribution in [3.05, 3.63) is 45.7 Å². The number of likely N-dealkylation sites (N-methyl/N-ethyl adjacent to an activating group) is 1. The minimum Gasteiger partial charge on any atom is -0.508 e. The van der Waals surface area contributed by atoms with Crippen LogP contribution in [-0.4, -0.2) is 81.6 Å². The maximum Gasteiger partial charge on any atom is 0.305 e. The summed E-state index contributed by atoms with van der Waals surface area (Å²) in [4.78, 5) is 52.0. The van der Waals surface area contributed by atoms with Crippen LogP contribution in [0.25, 0.3) is 5.76 Å². The number of phenolic OH excluding ortho intramolecular Hbond substituents is 1. The zero-order valence-electron chi connectivity index (χ0n) is 20.1. The number of amides is 1. The van der Waals surface area contributed by atoms with E-state index in [9.17, 15) is 39.6 Å². The van der Waals surface area contributed by atoms with Gasteiger partial charge in [-0.05, 0) is 56.5 Å². The summed E-state index contributed by atoms with van der Waals surface area (Å²) in [5, 5.41) is 44.1. The summed E-state index contributed by atoms with van der Waals surface area (Å²) in [6.07, 6.45) is 0.482. The number of Topliss-reactive ketones (excluding diaryl/α,β-unsaturated/α-hetero) is 2. The van der Waals surface area contributed by atoms with Crippen molar-refractivity contribution in [2.75, 3.05) is 21.2 Å². The van der Waals surface area contributed by atoms with E-state index in [1.807, 2.05) is 0 Å². The lowest BCUT2D eigenvalue weighted by molar-refractivity contribution is -0.153. The summed E-state index contributed by atoms with van der Waals surface area (Å²) in [6.45, 7) is 0. The quantitative estimate of drug-likeness (QED) is 0.273. The van der Waals surface area contributed by atoms with Crippen LogP contribution in [0.1, 0.15) is 29.5 Å². The Kier molecular flexibility index (Phi) is 6.17. The molecular weight excluding hydrogens is 472 g/mol. The molecule has 0 aliphatic heterocycles. The van der Waals surface area contributed by atoms with Crippen LogP contribution in [0, 0.1) is 11.8 Å². The highest BCUT2D eigenvalue weighted by Gasteiger charge is 2.64. The Morgan fingerprint density at radius 2 is 1.86 bits per heavy atom. The predicted molar refractivity (Wildman–Crippen MR) is 125 cm³/mol. The fourth-order valence-corrected chi connectivity index (χ4v) is 5.88. The third-order valence-electron chi connectivity index (χ3n) is 7.53. The average molecular weight is 501 g/mol. The molecule has 4 atom stereocenters. The third kappa shape index (κ3) is 3.49. The van der Waals surface area contributed by atoms with Crippen molar-refractivity contribution < 1.29 is 44.3 Å². The van der Waals surface area contributed by atoms with Crippen LogP contribution in [0.3, 0.4) is 0 Å². The smallest absolute Gasteiger partial charge is 0.305 e. The molecule has 0 aromatic heterocycles. The van der Waals surface area contributed by atoms with Crippen LogP contribution in [-0.2, 0) is 36.8 Å². The molecule has 0 radical (unpaired) electrons. The van der Waals surface area contributed by atoms with Crippen LogP contribution in [0.15, 0.2) is 29.0 Å². The number of aliphatic hydroxyl groups is 3. The number of rotatable bonds is 5. The number of hydrogen-bond donors (Lipinski definition) is 5. The highest BCUT2D eigenvalue weighted by molar-refractivity contribution is 6.24. The molecule has 0 saturated heterocycles. The minimum absolute atomic E-state index is 0.00212. The molecule has 1 saturated carbocycles. The number of phenols is 1. The molecular formula is C25H28N2O9. The van der Waals surface area contributed by atoms with Crippen molar-refractivity contribution in [2.45, 2.75) is 37.3 Å². The lowest BCUT2D eigenvalue weighted by atomic mass is 9.57. The van der Waals surface area contributed by atoms with E-state index in [1.165, 1.54) is 32.2 Å². The van der Waals surface area contributed by atoms with Gasteiger partial charge in [0, 0.05) is 17.9 Å². The van der Waals surface area contributed by atoms with Crippen molar-refractivity contribution in [1.29, 1.82) is 0 Å². The zero-order chi connectivity index (χ0) is 26.7. The Bertz CT molecular complexity index is 1260. The maximum absolute atomic E-state index is 13.8. The molecule has 0 heterocycles. The Balaban J connectivity index is 1.90. The molecule has 0 bridgehead atoms. The fraction of sp³-hybridized carbons (Fsp3) is 0.440. The molecule has 3 aliphatic rings. The molecule has 6 N–H and O–H groups in total. The van der Waals surface area contributed by atoms with Gasteiger partial charge in [0.25, 0.3) is 5.91 Å². The number of aromatic hydroxyl groups is 1. The van der Waals surface area contributed by atoms with Crippen LogP contribution in [0.5, 0.6) is 5.75 Å². The minimum atomic E-state index is -2.68. The van der Waals surface area contributed by atoms with E-state index in [2.05, 4.69) is 0 Å². The molecule has 1 amide bonds. The molecule has 11 nitrogen and oxygen atoms in total. The molecule has 11 heteroatoms. The lowest BCUT2D eigenvalue weighted by Crippen LogP contribution is -2.65. The van der Waals surface area contributed by atoms with Gasteiger partial charge in [-0.15, -0.1) is 0 Å². The van der Waals surface area contributed by atoms with Crippen LogP contribution < -0.4 is 5.73 Å². The van der Waals surface area contributed by atoms with Crippen LogP contribution in [0.4, 0.5) is 0 Å². The first-order valence-corrected chi connectivity index (χ1v) is 11.4. The number of benzene rings is 1. The number of esters is 1. The number of aryl methyl sites for hydroxylation is 1. The van der Waals surface area contributed by atoms with Crippen molar-refractivity contribution in [1.82, 2.24) is 4.90 Å². The second kappa shape index (κ2) is 8.75. The number of fused-ring (bicyclic) bond motifs is 3. The van der Waals surface area contributed by atoms with Gasteiger partial charge >= 0.3 is 5.97 Å². The van der Waals surface area contributed by atoms with Gasteiger partial charge in [-0.3, -0.25) is 24.1 Å². The molecule has 1 aromatic rings. The number of nitrogens with two attached hydrogens (primary N) is 1. The highest BCUT2D eigenvalue weighted by atomic mass is 16.5. The van der Waals surface area contributed by atoms with E-state index in [-0.39, 0.29) is 42.6 Å². The summed E-state index contributed by atoms with van der Waals surface area (Å²) in [5.41, 5.74) is 2.74. The second-order valence-electron chi connectivity index (χ2n) is 9.64. The van der Waals surface area contributed by atoms with E-state index in [1.54, 1.807) is 6.07 Å². The van der Waals surface area contributed by atoms with Crippen molar-refractivity contribution in [3.8, 4) is 5.75 Å². The van der Waals surface area contributed by atoms with Gasteiger partial charge in [0.1, 0.15) is 22.8 Å². The summed E-state index contributed by atoms with van der Waals surface area (Å²) in [6, 6.07) is 1.80. The molecule has 1 unspecified atom stereocenters. The number of carbonyl (C=O) groups excluding carboxylic acids is 4. The lowest BCUT2D eigenvalue weighted by Gasteiger charge is -2.50. The van der Waals surface area contributed by atoms with Crippen molar-refractivity contribution >= 4 is 29.2 Å². The normalized spacial score (nSPS) is 27.5. The maximum atomic E-state index is 13.8. The fourth-order valence-electron chi connectivity index (χ4n) is 5.88. The SMILES string of the molecule is COC(=O)CCc1ccc(O)c2c1C[C@@H]1C[C@@H]3C(N(C)C)C(=O)C(C(N)=O)=C(O)[C@]3(O)C(=O)C1=C2O. The molecule has 1 fully saturated rings. The van der Waals surface area contributed by atoms with Gasteiger partial charge in [0.05, 0.1) is 18.7 Å². The first-order valence-electron chi connectivity index (χ1n) is 11.4. The number of ether oxygens (including phenoxy) is 1. The van der Waals surface area contributed by atoms with Crippen molar-refractivity contribution in [3.63, 3.8) is 0 Å². The van der Waals surface area contributed by atoms with E-state index < -0.39 is 64.0 Å². The number of carbonyl (C=O) groups is 4. The topological polar surface area (TPSA) is 188 Å². The Hall–Kier alpha value is -3.70. The first-order chi connectivity index (χ1) is 16.9. The first kappa shape index (κ1) is 25.4. The predicted octanol–water partition coefficient (Wildman–Crippen LogP) is 0.0696. The van der Waals surface area contributed by atoms with Crippen LogP contribution >= 0.6 is 0 Å². The number of hydrogen-bond acceptors (Lipinski definition) is 10. The summed E-state index contributed by atoms with van der Waals surface area (Å²) in [7, 11) is 4.34. The number of methoxy groups -OCH3 is 1. The Morgan fingerprint density at radius 1 is 1.19 bits per heavy atom. The van der Waals surface area contributed by atoms with Gasteiger partial charge in [-0.1, -0.05) is 6.07 Å². The molecule has 1 aromatic carbocycles. The molecule has 192 valence electrons. The summed E-state index contributed by atoms with van der Waals surface area (Å²) >= 11 is 0. The van der Waals surface area contributed by atoms with Gasteiger partial charge in [0.2, 0.25) is 5.78 Å². The monoisotopic (exact) mass is 500 g/mol. The number of nitrogens with zero attached hydrogens (tertiary/aromatic N) is 1. The molecule has 36 heavy (non-hydrogen) atoms. The van der Waals surface area contributed by atoms with Gasteiger partial charge in [0.15, 0.2) is 11.4 Å². The van der Waals surface area contributed by atoms with Gasteiger partial charge in [-0.25, -0.2) is 0 Å². The molecule has 0 spiro atoms. The number of aliphatic hydroxyl groups excluding tert-OH is 2. The Morgan fingerprint density at radius 3 is 2.44 bits per heavy atom. The Labute approximate surface area is 206 Å². The van der Waals surface area contributed by atoms with E-state index >= 15 is 0 Å². The average Bonchev–Trinajstić information content (AvgIpc) is 2.80. The summed E-state index contributed by atoms with van der Waals surface area (Å²) in [5.74, 6) is -7.42. The molecule has 3 aliphatic carbocycles. The van der Waals surface area contributed by atoms with E-state index in [0.717, 1.165) is 0 Å². The second-order valence-corrected chi connectivity index (χ2v) is 9.64. The number of ketones is 2. The highest BCUT2D eigenvalue weighted by Crippen LogP contribution is 2.52. The molecule has 4 rings (SSSR count). The van der Waals surface area contributed by atoms with Gasteiger partial charge < -0.3 is 30.9 Å². The van der Waals surface area contributed by atoms with Crippen LogP contribution in [0.2, 0.25) is 0 Å². The summed E-state index contributed by atoms with van der Waals surface area (Å²) < 4.78 is 4.69. The van der Waals surface area contributed by atoms with E-state index in [0.29, 0.717) is 11.1 Å². The number of primary amides is 1.